The van der Waals surface area contributed by atoms with E-state index in [-0.39, 0.29) is 22.1 Å². The number of hydrogen-bond donors (Lipinski definition) is 1. The summed E-state index contributed by atoms with van der Waals surface area (Å²) < 4.78 is 38.8. The molecule has 0 aliphatic carbocycles. The number of amides is 1. The van der Waals surface area contributed by atoms with Crippen LogP contribution >= 0.6 is 0 Å². The summed E-state index contributed by atoms with van der Waals surface area (Å²) in [6.07, 6.45) is 1.50. The summed E-state index contributed by atoms with van der Waals surface area (Å²) >= 11 is 0. The van der Waals surface area contributed by atoms with Gasteiger partial charge in [0.1, 0.15) is 0 Å². The van der Waals surface area contributed by atoms with E-state index in [0.717, 1.165) is 12.8 Å². The number of aromatic nitrogens is 2. The highest BCUT2D eigenvalue weighted by atomic mass is 32.2. The van der Waals surface area contributed by atoms with Crippen LogP contribution in [0.3, 0.4) is 0 Å². The van der Waals surface area contributed by atoms with Crippen LogP contribution in [0.4, 0.5) is 5.69 Å². The average Bonchev–Trinajstić information content (AvgIpc) is 3.26. The second kappa shape index (κ2) is 7.51. The molecule has 1 spiro atoms. The summed E-state index contributed by atoms with van der Waals surface area (Å²) in [5, 5.41) is 6.73. The molecule has 1 atom stereocenters. The Kier molecular flexibility index (Phi) is 5.18. The molecule has 10 heteroatoms. The van der Waals surface area contributed by atoms with Gasteiger partial charge in [-0.25, -0.2) is 8.42 Å². The molecule has 3 heterocycles. The molecule has 2 fully saturated rings. The predicted octanol–water partition coefficient (Wildman–Crippen LogP) is 1.92. The van der Waals surface area contributed by atoms with Gasteiger partial charge in [0.2, 0.25) is 21.8 Å². The topological polar surface area (TPSA) is 115 Å². The van der Waals surface area contributed by atoms with Crippen LogP contribution in [0.25, 0.3) is 0 Å². The molecule has 1 aromatic heterocycles. The molecule has 1 unspecified atom stereocenters. The van der Waals surface area contributed by atoms with Crippen molar-refractivity contribution < 1.29 is 22.5 Å². The first-order valence-corrected chi connectivity index (χ1v) is 11.0. The Hall–Kier alpha value is -2.30. The number of anilines is 1. The highest BCUT2D eigenvalue weighted by Gasteiger charge is 2.52. The molecule has 0 radical (unpaired) electrons. The van der Waals surface area contributed by atoms with Crippen molar-refractivity contribution in [2.75, 3.05) is 31.6 Å². The highest BCUT2D eigenvalue weighted by molar-refractivity contribution is 7.89. The Balaban J connectivity index is 1.63. The number of sulfonamides is 1. The van der Waals surface area contributed by atoms with Crippen LogP contribution in [-0.4, -0.2) is 55.1 Å². The lowest BCUT2D eigenvalue weighted by atomic mass is 9.72. The summed E-state index contributed by atoms with van der Waals surface area (Å²) in [6, 6.07) is 6.22. The van der Waals surface area contributed by atoms with Crippen molar-refractivity contribution in [1.82, 2.24) is 14.4 Å². The van der Waals surface area contributed by atoms with Gasteiger partial charge in [-0.1, -0.05) is 5.16 Å². The fraction of sp³-hybridized carbons (Fsp3) is 0.526. The number of carbonyl (C=O) groups excluding carboxylic acids is 1. The third-order valence-corrected chi connectivity index (χ3v) is 7.60. The lowest BCUT2D eigenvalue weighted by Gasteiger charge is -2.36. The maximum absolute atomic E-state index is 13.3. The van der Waals surface area contributed by atoms with Gasteiger partial charge in [0.05, 0.1) is 4.90 Å². The minimum absolute atomic E-state index is 0.141. The monoisotopic (exact) mass is 420 g/mol. The summed E-state index contributed by atoms with van der Waals surface area (Å²) in [5.41, 5.74) is 0.288. The minimum Gasteiger partial charge on any atom is -0.381 e. The number of hydrogen-bond acceptors (Lipinski definition) is 7. The second-order valence-electron chi connectivity index (χ2n) is 7.70. The van der Waals surface area contributed by atoms with Crippen LogP contribution in [0.5, 0.6) is 0 Å². The van der Waals surface area contributed by atoms with Gasteiger partial charge < -0.3 is 14.6 Å². The molecule has 1 aromatic carbocycles. The molecule has 2 aliphatic rings. The molecule has 1 N–H and O–H groups in total. The molecule has 156 valence electrons. The number of carbonyl (C=O) groups is 1. The van der Waals surface area contributed by atoms with Gasteiger partial charge in [0.15, 0.2) is 5.82 Å². The Morgan fingerprint density at radius 1 is 1.24 bits per heavy atom. The Labute approximate surface area is 169 Å². The molecule has 9 nitrogen and oxygen atoms in total. The molecule has 1 amide bonds. The quantitative estimate of drug-likeness (QED) is 0.803. The number of rotatable bonds is 4. The van der Waals surface area contributed by atoms with E-state index in [4.69, 9.17) is 9.26 Å². The number of benzene rings is 1. The molecule has 29 heavy (non-hydrogen) atoms. The van der Waals surface area contributed by atoms with E-state index >= 15 is 0 Å². The lowest BCUT2D eigenvalue weighted by molar-refractivity contribution is -0.114. The number of nitrogens with zero attached hydrogens (tertiary/aromatic N) is 3. The van der Waals surface area contributed by atoms with Crippen LogP contribution in [0.15, 0.2) is 33.7 Å². The SMILES string of the molecule is CC(=O)Nc1ccc(S(=O)(=O)N2CC(c3noc(C)n3)C3(CCOCC3)C2)cc1. The van der Waals surface area contributed by atoms with Crippen LogP contribution in [0.2, 0.25) is 0 Å². The molecule has 0 saturated carbocycles. The zero-order chi connectivity index (χ0) is 20.6. The summed E-state index contributed by atoms with van der Waals surface area (Å²) in [7, 11) is -3.70. The van der Waals surface area contributed by atoms with Crippen LogP contribution in [0.1, 0.15) is 37.4 Å². The second-order valence-corrected chi connectivity index (χ2v) is 9.64. The van der Waals surface area contributed by atoms with Crippen molar-refractivity contribution in [3.05, 3.63) is 36.0 Å². The van der Waals surface area contributed by atoms with Crippen molar-refractivity contribution in [2.45, 2.75) is 37.5 Å². The molecule has 2 aliphatic heterocycles. The van der Waals surface area contributed by atoms with Crippen molar-refractivity contribution in [1.29, 1.82) is 0 Å². The normalized spacial score (nSPS) is 22.1. The Bertz CT molecular complexity index is 996. The fourth-order valence-electron chi connectivity index (χ4n) is 4.27. The first-order valence-electron chi connectivity index (χ1n) is 9.56. The first kappa shape index (κ1) is 20.0. The summed E-state index contributed by atoms with van der Waals surface area (Å²) in [5.74, 6) is 0.678. The number of ether oxygens (including phenoxy) is 1. The minimum atomic E-state index is -3.70. The van der Waals surface area contributed by atoms with E-state index in [2.05, 4.69) is 15.5 Å². The standard InChI is InChI=1S/C19H24N4O5S/c1-13(24)20-15-3-5-16(6-4-15)29(25,26)23-11-17(18-21-14(2)28-22-18)19(12-23)7-9-27-10-8-19/h3-6,17H,7-12H2,1-2H3,(H,20,24). The van der Waals surface area contributed by atoms with Gasteiger partial charge in [0, 0.05) is 51.8 Å². The van der Waals surface area contributed by atoms with Gasteiger partial charge in [-0.05, 0) is 42.5 Å². The summed E-state index contributed by atoms with van der Waals surface area (Å²) in [4.78, 5) is 15.8. The zero-order valence-corrected chi connectivity index (χ0v) is 17.2. The van der Waals surface area contributed by atoms with Gasteiger partial charge >= 0.3 is 0 Å². The van der Waals surface area contributed by atoms with Crippen LogP contribution < -0.4 is 5.32 Å². The number of aryl methyl sites for hydroxylation is 1. The van der Waals surface area contributed by atoms with Crippen LogP contribution in [0, 0.1) is 12.3 Å². The Morgan fingerprint density at radius 2 is 1.93 bits per heavy atom. The Morgan fingerprint density at radius 3 is 2.52 bits per heavy atom. The maximum Gasteiger partial charge on any atom is 0.243 e. The van der Waals surface area contributed by atoms with Crippen molar-refractivity contribution in [3.8, 4) is 0 Å². The van der Waals surface area contributed by atoms with E-state index in [1.54, 1.807) is 19.1 Å². The van der Waals surface area contributed by atoms with E-state index in [0.29, 0.717) is 43.7 Å². The van der Waals surface area contributed by atoms with Gasteiger partial charge in [-0.2, -0.15) is 9.29 Å². The first-order chi connectivity index (χ1) is 13.8. The zero-order valence-electron chi connectivity index (χ0n) is 16.4. The van der Waals surface area contributed by atoms with E-state index in [1.807, 2.05) is 0 Å². The molecule has 0 bridgehead atoms. The van der Waals surface area contributed by atoms with E-state index in [1.165, 1.54) is 23.4 Å². The third-order valence-electron chi connectivity index (χ3n) is 5.77. The van der Waals surface area contributed by atoms with Crippen molar-refractivity contribution in [3.63, 3.8) is 0 Å². The predicted molar refractivity (Wildman–Crippen MR) is 104 cm³/mol. The van der Waals surface area contributed by atoms with Gasteiger partial charge in [-0.15, -0.1) is 0 Å². The van der Waals surface area contributed by atoms with Crippen LogP contribution in [-0.2, 0) is 19.6 Å². The molecular weight excluding hydrogens is 396 g/mol. The van der Waals surface area contributed by atoms with Gasteiger partial charge in [-0.3, -0.25) is 4.79 Å². The average molecular weight is 420 g/mol. The lowest BCUT2D eigenvalue weighted by Crippen LogP contribution is -2.37. The smallest absolute Gasteiger partial charge is 0.243 e. The maximum atomic E-state index is 13.3. The highest BCUT2D eigenvalue weighted by Crippen LogP contribution is 2.50. The van der Waals surface area contributed by atoms with E-state index in [9.17, 15) is 13.2 Å². The fourth-order valence-corrected chi connectivity index (χ4v) is 5.82. The van der Waals surface area contributed by atoms with Gasteiger partial charge in [0.25, 0.3) is 0 Å². The molecular formula is C19H24N4O5S. The summed E-state index contributed by atoms with van der Waals surface area (Å²) in [6.45, 7) is 5.01. The molecule has 4 rings (SSSR count). The number of nitrogens with one attached hydrogen (secondary N) is 1. The van der Waals surface area contributed by atoms with Crippen molar-refractivity contribution in [2.24, 2.45) is 5.41 Å². The molecule has 2 saturated heterocycles. The van der Waals surface area contributed by atoms with Crippen molar-refractivity contribution >= 4 is 21.6 Å². The molecule has 2 aromatic rings. The van der Waals surface area contributed by atoms with E-state index < -0.39 is 10.0 Å². The largest absolute Gasteiger partial charge is 0.381 e. The third kappa shape index (κ3) is 3.79.